The summed E-state index contributed by atoms with van der Waals surface area (Å²) >= 11 is 0. The quantitative estimate of drug-likeness (QED) is 0.848. The van der Waals surface area contributed by atoms with Crippen molar-refractivity contribution in [2.24, 2.45) is 11.7 Å². The van der Waals surface area contributed by atoms with Gasteiger partial charge in [-0.25, -0.2) is 0 Å². The van der Waals surface area contributed by atoms with E-state index in [1.165, 1.54) is 0 Å². The van der Waals surface area contributed by atoms with Crippen LogP contribution in [0.15, 0.2) is 30.3 Å². The molecule has 1 amide bonds. The molecular formula is C18H29N3O. The van der Waals surface area contributed by atoms with E-state index in [1.807, 2.05) is 30.3 Å². The van der Waals surface area contributed by atoms with Crippen LogP contribution in [0.1, 0.15) is 44.7 Å². The van der Waals surface area contributed by atoms with E-state index in [1.54, 1.807) is 0 Å². The molecule has 122 valence electrons. The predicted octanol–water partition coefficient (Wildman–Crippen LogP) is 2.31. The maximum atomic E-state index is 12.1. The van der Waals surface area contributed by atoms with Gasteiger partial charge in [-0.3, -0.25) is 4.79 Å². The summed E-state index contributed by atoms with van der Waals surface area (Å²) in [6, 6.07) is 9.90. The summed E-state index contributed by atoms with van der Waals surface area (Å²) in [4.78, 5) is 14.6. The van der Waals surface area contributed by atoms with Crippen LogP contribution in [-0.2, 0) is 4.79 Å². The number of benzene rings is 1. The van der Waals surface area contributed by atoms with Crippen LogP contribution in [0.25, 0.3) is 0 Å². The minimum Gasteiger partial charge on any atom is -0.353 e. The smallest absolute Gasteiger partial charge is 0.222 e. The Morgan fingerprint density at radius 3 is 2.50 bits per heavy atom. The molecule has 1 heterocycles. The first-order chi connectivity index (χ1) is 10.5. The predicted molar refractivity (Wildman–Crippen MR) is 90.4 cm³/mol. The Kier molecular flexibility index (Phi) is 6.40. The molecule has 1 saturated heterocycles. The second-order valence-corrected chi connectivity index (χ2v) is 6.76. The molecule has 1 aliphatic heterocycles. The molecule has 4 heteroatoms. The Morgan fingerprint density at radius 1 is 1.27 bits per heavy atom. The number of rotatable bonds is 6. The first kappa shape index (κ1) is 17.0. The van der Waals surface area contributed by atoms with E-state index < -0.39 is 0 Å². The number of hydrogen-bond acceptors (Lipinski definition) is 3. The number of amides is 1. The normalized spacial score (nSPS) is 18.4. The van der Waals surface area contributed by atoms with Crippen molar-refractivity contribution in [2.45, 2.75) is 45.2 Å². The third kappa shape index (κ3) is 5.43. The van der Waals surface area contributed by atoms with Gasteiger partial charge in [-0.15, -0.1) is 0 Å². The molecule has 0 aliphatic carbocycles. The molecule has 0 aromatic heterocycles. The minimum absolute atomic E-state index is 0.0682. The first-order valence-corrected chi connectivity index (χ1v) is 8.37. The van der Waals surface area contributed by atoms with Gasteiger partial charge in [0.25, 0.3) is 0 Å². The summed E-state index contributed by atoms with van der Waals surface area (Å²) in [5.74, 6) is 0.772. The average Bonchev–Trinajstić information content (AvgIpc) is 2.49. The Labute approximate surface area is 134 Å². The Hall–Kier alpha value is -1.39. The third-order valence-electron chi connectivity index (χ3n) is 4.21. The van der Waals surface area contributed by atoms with Crippen LogP contribution in [0.4, 0.5) is 0 Å². The molecule has 2 rings (SSSR count). The van der Waals surface area contributed by atoms with E-state index in [0.717, 1.165) is 38.0 Å². The molecule has 1 atom stereocenters. The topological polar surface area (TPSA) is 58.4 Å². The SMILES string of the molecule is CC(C)CN1CCC(NC(=O)CC(N)c2ccccc2)CC1. The number of likely N-dealkylation sites (tertiary alicyclic amines) is 1. The Bertz CT molecular complexity index is 453. The van der Waals surface area contributed by atoms with Crippen LogP contribution in [0.5, 0.6) is 0 Å². The van der Waals surface area contributed by atoms with E-state index >= 15 is 0 Å². The largest absolute Gasteiger partial charge is 0.353 e. The van der Waals surface area contributed by atoms with Gasteiger partial charge in [0.1, 0.15) is 0 Å². The van der Waals surface area contributed by atoms with Crippen LogP contribution < -0.4 is 11.1 Å². The zero-order valence-electron chi connectivity index (χ0n) is 13.8. The second-order valence-electron chi connectivity index (χ2n) is 6.76. The number of carbonyl (C=O) groups excluding carboxylic acids is 1. The molecule has 0 radical (unpaired) electrons. The molecule has 4 nitrogen and oxygen atoms in total. The van der Waals surface area contributed by atoms with Crippen LogP contribution in [0.2, 0.25) is 0 Å². The highest BCUT2D eigenvalue weighted by atomic mass is 16.1. The number of nitrogens with zero attached hydrogens (tertiary/aromatic N) is 1. The molecular weight excluding hydrogens is 274 g/mol. The molecule has 1 aliphatic rings. The van der Waals surface area contributed by atoms with E-state index in [-0.39, 0.29) is 11.9 Å². The third-order valence-corrected chi connectivity index (χ3v) is 4.21. The van der Waals surface area contributed by atoms with Crippen molar-refractivity contribution < 1.29 is 4.79 Å². The first-order valence-electron chi connectivity index (χ1n) is 8.37. The highest BCUT2D eigenvalue weighted by molar-refractivity contribution is 5.77. The maximum Gasteiger partial charge on any atom is 0.222 e. The van der Waals surface area contributed by atoms with Crippen LogP contribution in [0.3, 0.4) is 0 Å². The lowest BCUT2D eigenvalue weighted by atomic mass is 10.0. The van der Waals surface area contributed by atoms with Crippen LogP contribution in [0, 0.1) is 5.92 Å². The van der Waals surface area contributed by atoms with Gasteiger partial charge in [0.05, 0.1) is 0 Å². The molecule has 1 aromatic rings. The molecule has 0 spiro atoms. The lowest BCUT2D eigenvalue weighted by Gasteiger charge is -2.33. The van der Waals surface area contributed by atoms with Gasteiger partial charge in [-0.05, 0) is 24.3 Å². The number of carbonyl (C=O) groups is 1. The molecule has 0 saturated carbocycles. The summed E-state index contributed by atoms with van der Waals surface area (Å²) in [6.45, 7) is 7.80. The van der Waals surface area contributed by atoms with Crippen molar-refractivity contribution in [3.05, 3.63) is 35.9 Å². The van der Waals surface area contributed by atoms with Crippen LogP contribution >= 0.6 is 0 Å². The van der Waals surface area contributed by atoms with Gasteiger partial charge in [0.2, 0.25) is 5.91 Å². The van der Waals surface area contributed by atoms with Crippen molar-refractivity contribution in [3.63, 3.8) is 0 Å². The molecule has 3 N–H and O–H groups in total. The van der Waals surface area contributed by atoms with Gasteiger partial charge < -0.3 is 16.0 Å². The summed E-state index contributed by atoms with van der Waals surface area (Å²) in [5, 5.41) is 3.15. The monoisotopic (exact) mass is 303 g/mol. The van der Waals surface area contributed by atoms with Gasteiger partial charge in [0.15, 0.2) is 0 Å². The number of piperidine rings is 1. The molecule has 22 heavy (non-hydrogen) atoms. The highest BCUT2D eigenvalue weighted by Crippen LogP contribution is 2.15. The van der Waals surface area contributed by atoms with Gasteiger partial charge in [-0.1, -0.05) is 44.2 Å². The Balaban J connectivity index is 1.72. The fourth-order valence-electron chi connectivity index (χ4n) is 3.08. The molecule has 1 fully saturated rings. The van der Waals surface area contributed by atoms with Gasteiger partial charge >= 0.3 is 0 Å². The zero-order chi connectivity index (χ0) is 15.9. The Morgan fingerprint density at radius 2 is 1.91 bits per heavy atom. The molecule has 0 bridgehead atoms. The van der Waals surface area contributed by atoms with Crippen molar-refractivity contribution >= 4 is 5.91 Å². The highest BCUT2D eigenvalue weighted by Gasteiger charge is 2.21. The number of hydrogen-bond donors (Lipinski definition) is 2. The lowest BCUT2D eigenvalue weighted by Crippen LogP contribution is -2.45. The summed E-state index contributed by atoms with van der Waals surface area (Å²) in [7, 11) is 0. The number of nitrogens with one attached hydrogen (secondary N) is 1. The van der Waals surface area contributed by atoms with Crippen LogP contribution in [-0.4, -0.2) is 36.5 Å². The fraction of sp³-hybridized carbons (Fsp3) is 0.611. The lowest BCUT2D eigenvalue weighted by molar-refractivity contribution is -0.122. The van der Waals surface area contributed by atoms with E-state index in [2.05, 4.69) is 24.1 Å². The van der Waals surface area contributed by atoms with E-state index in [9.17, 15) is 4.79 Å². The van der Waals surface area contributed by atoms with Crippen molar-refractivity contribution in [3.8, 4) is 0 Å². The average molecular weight is 303 g/mol. The molecule has 1 unspecified atom stereocenters. The summed E-state index contributed by atoms with van der Waals surface area (Å²) < 4.78 is 0. The van der Waals surface area contributed by atoms with E-state index in [0.29, 0.717) is 18.4 Å². The summed E-state index contributed by atoms with van der Waals surface area (Å²) in [5.41, 5.74) is 7.13. The second kappa shape index (κ2) is 8.30. The van der Waals surface area contributed by atoms with E-state index in [4.69, 9.17) is 5.73 Å². The fourth-order valence-corrected chi connectivity index (χ4v) is 3.08. The maximum absolute atomic E-state index is 12.1. The van der Waals surface area contributed by atoms with Crippen molar-refractivity contribution in [2.75, 3.05) is 19.6 Å². The number of nitrogens with two attached hydrogens (primary N) is 1. The van der Waals surface area contributed by atoms with Gasteiger partial charge in [-0.2, -0.15) is 0 Å². The summed E-state index contributed by atoms with van der Waals surface area (Å²) in [6.07, 6.45) is 2.44. The van der Waals surface area contributed by atoms with Crippen molar-refractivity contribution in [1.29, 1.82) is 0 Å². The standard InChI is InChI=1S/C18H29N3O/c1-14(2)13-21-10-8-16(9-11-21)20-18(22)12-17(19)15-6-4-3-5-7-15/h3-7,14,16-17H,8-13,19H2,1-2H3,(H,20,22). The zero-order valence-corrected chi connectivity index (χ0v) is 13.8. The van der Waals surface area contributed by atoms with Gasteiger partial charge in [0, 0.05) is 38.1 Å². The minimum atomic E-state index is -0.220. The molecule has 1 aromatic carbocycles. The van der Waals surface area contributed by atoms with Crippen molar-refractivity contribution in [1.82, 2.24) is 10.2 Å².